The molecule has 0 aliphatic carbocycles. The number of para-hydroxylation sites is 1. The number of benzene rings is 2. The molecule has 0 unspecified atom stereocenters. The molecule has 2 aromatic carbocycles. The summed E-state index contributed by atoms with van der Waals surface area (Å²) in [5.74, 6) is 0. The van der Waals surface area contributed by atoms with E-state index >= 15 is 0 Å². The first-order chi connectivity index (χ1) is 8.33. The number of hydrogen-bond donors (Lipinski definition) is 0. The first-order valence-electron chi connectivity index (χ1n) is 5.67. The van der Waals surface area contributed by atoms with Gasteiger partial charge in [-0.15, -0.1) is 35.4 Å². The minimum atomic E-state index is 0. The van der Waals surface area contributed by atoms with Gasteiger partial charge >= 0.3 is 0 Å². The van der Waals surface area contributed by atoms with Crippen molar-refractivity contribution in [1.82, 2.24) is 4.98 Å². The maximum Gasteiger partial charge on any atom is 0.0595 e. The minimum absolute atomic E-state index is 0. The minimum Gasteiger partial charge on any atom is -0.296 e. The van der Waals surface area contributed by atoms with Gasteiger partial charge in [-0.1, -0.05) is 37.3 Å². The van der Waals surface area contributed by atoms with Crippen LogP contribution in [0.2, 0.25) is 0 Å². The quantitative estimate of drug-likeness (QED) is 0.553. The molecule has 91 valence electrons. The average Bonchev–Trinajstić information content (AvgIpc) is 2.39. The number of fused-ring (bicyclic) bond motifs is 1. The molecule has 0 saturated heterocycles. The largest absolute Gasteiger partial charge is 0.296 e. The zero-order valence-corrected chi connectivity index (χ0v) is 12.4. The van der Waals surface area contributed by atoms with Crippen LogP contribution >= 0.6 is 0 Å². The van der Waals surface area contributed by atoms with Gasteiger partial charge in [-0.2, -0.15) is 0 Å². The zero-order chi connectivity index (χ0) is 11.7. The van der Waals surface area contributed by atoms with Crippen LogP contribution in [0.5, 0.6) is 0 Å². The summed E-state index contributed by atoms with van der Waals surface area (Å²) in [6, 6.07) is 21.7. The summed E-state index contributed by atoms with van der Waals surface area (Å²) in [5, 5.41) is 1.17. The summed E-state index contributed by atoms with van der Waals surface area (Å²) < 4.78 is 0. The Labute approximate surface area is 120 Å². The van der Waals surface area contributed by atoms with E-state index in [4.69, 9.17) is 0 Å². The second kappa shape index (κ2) is 5.43. The summed E-state index contributed by atoms with van der Waals surface area (Å²) in [6.45, 7) is 2.06. The molecule has 1 nitrogen and oxygen atoms in total. The molecule has 0 spiro atoms. The first-order valence-corrected chi connectivity index (χ1v) is 5.67. The average molecular weight is 410 g/mol. The van der Waals surface area contributed by atoms with Crippen molar-refractivity contribution in [3.05, 3.63) is 66.2 Å². The Morgan fingerprint density at radius 2 is 1.78 bits per heavy atom. The van der Waals surface area contributed by atoms with Gasteiger partial charge in [0.1, 0.15) is 0 Å². The summed E-state index contributed by atoms with van der Waals surface area (Å²) >= 11 is 0. The molecule has 0 fully saturated rings. The van der Waals surface area contributed by atoms with Crippen LogP contribution in [-0.4, -0.2) is 4.98 Å². The zero-order valence-electron chi connectivity index (χ0n) is 9.98. The van der Waals surface area contributed by atoms with E-state index in [1.165, 1.54) is 10.9 Å². The molecule has 0 N–H and O–H groups in total. The van der Waals surface area contributed by atoms with Crippen molar-refractivity contribution in [3.63, 3.8) is 0 Å². The third kappa shape index (κ3) is 2.50. The van der Waals surface area contributed by atoms with Crippen LogP contribution in [0, 0.1) is 13.0 Å². The molecule has 0 saturated carbocycles. The molecule has 0 aliphatic heterocycles. The number of aryl methyl sites for hydroxylation is 1. The summed E-state index contributed by atoms with van der Waals surface area (Å²) in [5.41, 5.74) is 4.26. The number of rotatable bonds is 1. The molecule has 3 rings (SSSR count). The summed E-state index contributed by atoms with van der Waals surface area (Å²) in [7, 11) is 0. The number of hydrogen-bond acceptors (Lipinski definition) is 1. The van der Waals surface area contributed by atoms with E-state index in [0.717, 1.165) is 16.8 Å². The van der Waals surface area contributed by atoms with E-state index in [2.05, 4.69) is 42.2 Å². The van der Waals surface area contributed by atoms with Crippen LogP contribution in [-0.2, 0) is 20.1 Å². The Kier molecular flexibility index (Phi) is 3.90. The molecule has 0 bridgehead atoms. The Balaban J connectivity index is 0.00000120. The van der Waals surface area contributed by atoms with Gasteiger partial charge in [-0.25, -0.2) is 0 Å². The third-order valence-electron chi connectivity index (χ3n) is 2.84. The molecule has 1 radical (unpaired) electrons. The van der Waals surface area contributed by atoms with Gasteiger partial charge in [-0.05, 0) is 17.1 Å². The van der Waals surface area contributed by atoms with Crippen LogP contribution < -0.4 is 0 Å². The van der Waals surface area contributed by atoms with Crippen LogP contribution in [0.25, 0.3) is 22.2 Å². The monoisotopic (exact) mass is 411 g/mol. The molecule has 1 aromatic heterocycles. The van der Waals surface area contributed by atoms with Gasteiger partial charge < -0.3 is 0 Å². The van der Waals surface area contributed by atoms with Crippen molar-refractivity contribution >= 4 is 10.9 Å². The second-order valence-electron chi connectivity index (χ2n) is 4.17. The number of nitrogens with zero attached hydrogens (tertiary/aromatic N) is 1. The van der Waals surface area contributed by atoms with E-state index in [0.29, 0.717) is 0 Å². The fourth-order valence-electron chi connectivity index (χ4n) is 1.88. The molecule has 0 amide bonds. The van der Waals surface area contributed by atoms with Gasteiger partial charge in [0, 0.05) is 20.1 Å². The molecule has 2 heteroatoms. The smallest absolute Gasteiger partial charge is 0.0595 e. The van der Waals surface area contributed by atoms with E-state index in [1.807, 2.05) is 30.3 Å². The fourth-order valence-corrected chi connectivity index (χ4v) is 1.88. The number of pyridine rings is 1. The van der Waals surface area contributed by atoms with Crippen molar-refractivity contribution in [3.8, 4) is 11.3 Å². The Morgan fingerprint density at radius 3 is 2.56 bits per heavy atom. The topological polar surface area (TPSA) is 12.9 Å². The van der Waals surface area contributed by atoms with E-state index in [1.54, 1.807) is 0 Å². The van der Waals surface area contributed by atoms with E-state index < -0.39 is 0 Å². The van der Waals surface area contributed by atoms with Crippen LogP contribution in [0.4, 0.5) is 0 Å². The van der Waals surface area contributed by atoms with Crippen molar-refractivity contribution in [2.75, 3.05) is 0 Å². The standard InChI is InChI=1S/C16H12N.Ir/c1-12-6-8-14(9-7-12)16-11-10-13-4-2-3-5-15(13)17-16;/h2-8,10-11H,1H3;/q-1;. The van der Waals surface area contributed by atoms with Crippen molar-refractivity contribution < 1.29 is 20.1 Å². The van der Waals surface area contributed by atoms with Crippen LogP contribution in [0.1, 0.15) is 5.56 Å². The van der Waals surface area contributed by atoms with Crippen LogP contribution in [0.15, 0.2) is 54.6 Å². The Bertz CT molecular complexity index is 659. The molecule has 1 heterocycles. The number of aromatic nitrogens is 1. The summed E-state index contributed by atoms with van der Waals surface area (Å²) in [4.78, 5) is 4.64. The SMILES string of the molecule is Cc1c[c-]c(-c2ccc3ccccc3n2)cc1.[Ir]. The van der Waals surface area contributed by atoms with Gasteiger partial charge in [0.15, 0.2) is 0 Å². The maximum atomic E-state index is 4.64. The van der Waals surface area contributed by atoms with Crippen molar-refractivity contribution in [2.24, 2.45) is 0 Å². The molecule has 18 heavy (non-hydrogen) atoms. The predicted molar refractivity (Wildman–Crippen MR) is 70.8 cm³/mol. The summed E-state index contributed by atoms with van der Waals surface area (Å²) in [6.07, 6.45) is 0. The molecular formula is C16H12IrN-. The van der Waals surface area contributed by atoms with Crippen LogP contribution in [0.3, 0.4) is 0 Å². The second-order valence-corrected chi connectivity index (χ2v) is 4.17. The van der Waals surface area contributed by atoms with Gasteiger partial charge in [0.2, 0.25) is 0 Å². The Morgan fingerprint density at radius 1 is 0.944 bits per heavy atom. The fraction of sp³-hybridized carbons (Fsp3) is 0.0625. The molecular weight excluding hydrogens is 398 g/mol. The maximum absolute atomic E-state index is 4.64. The van der Waals surface area contributed by atoms with Gasteiger partial charge in [-0.3, -0.25) is 4.98 Å². The third-order valence-corrected chi connectivity index (χ3v) is 2.84. The molecule has 0 atom stereocenters. The van der Waals surface area contributed by atoms with E-state index in [9.17, 15) is 0 Å². The predicted octanol–water partition coefficient (Wildman–Crippen LogP) is 4.01. The normalized spacial score (nSPS) is 10.1. The van der Waals surface area contributed by atoms with Crippen molar-refractivity contribution in [1.29, 1.82) is 0 Å². The molecule has 3 aromatic rings. The van der Waals surface area contributed by atoms with Crippen molar-refractivity contribution in [2.45, 2.75) is 6.92 Å². The van der Waals surface area contributed by atoms with Gasteiger partial charge in [0.25, 0.3) is 0 Å². The van der Waals surface area contributed by atoms with E-state index in [-0.39, 0.29) is 20.1 Å². The van der Waals surface area contributed by atoms with Gasteiger partial charge in [0.05, 0.1) is 5.52 Å². The Hall–Kier alpha value is -1.50. The first kappa shape index (κ1) is 12.9. The molecule has 0 aliphatic rings.